The topological polar surface area (TPSA) is 203 Å². The van der Waals surface area contributed by atoms with Gasteiger partial charge in [-0.25, -0.2) is 21.6 Å². The van der Waals surface area contributed by atoms with Crippen molar-refractivity contribution in [1.82, 2.24) is 18.8 Å². The largest absolute Gasteiger partial charge is 0.497 e. The summed E-state index contributed by atoms with van der Waals surface area (Å²) in [6.45, 7) is 19.0. The smallest absolute Gasteiger partial charge is 0.410 e. The van der Waals surface area contributed by atoms with Crippen molar-refractivity contribution in [3.8, 4) is 11.5 Å². The second-order valence-corrected chi connectivity index (χ2v) is 16.4. The molecule has 0 saturated heterocycles. The van der Waals surface area contributed by atoms with Crippen LogP contribution >= 0.6 is 0 Å². The van der Waals surface area contributed by atoms with Crippen molar-refractivity contribution < 1.29 is 55.0 Å². The minimum Gasteiger partial charge on any atom is -0.497 e. The third kappa shape index (κ3) is 17.0. The minimum absolute atomic E-state index is 0.167. The fourth-order valence-electron chi connectivity index (χ4n) is 4.80. The van der Waals surface area contributed by atoms with Gasteiger partial charge in [-0.1, -0.05) is 6.92 Å². The second kappa shape index (κ2) is 24.2. The predicted molar refractivity (Wildman–Crippen MR) is 197 cm³/mol. The Morgan fingerprint density at radius 3 is 1.32 bits per heavy atom. The van der Waals surface area contributed by atoms with Gasteiger partial charge in [-0.3, -0.25) is 0 Å². The molecule has 0 aromatic heterocycles. The van der Waals surface area contributed by atoms with E-state index < -0.39 is 31.7 Å². The Labute approximate surface area is 314 Å². The molecular formula is C35H56N4O12S2. The number of sulfonamides is 2. The number of nitrogens with one attached hydrogen (secondary N) is 1. The van der Waals surface area contributed by atoms with Gasteiger partial charge in [0.05, 0.1) is 24.0 Å². The van der Waals surface area contributed by atoms with E-state index in [2.05, 4.69) is 5.32 Å². The van der Waals surface area contributed by atoms with E-state index in [0.717, 1.165) is 6.54 Å². The van der Waals surface area contributed by atoms with Gasteiger partial charge < -0.3 is 24.4 Å². The second-order valence-electron chi connectivity index (χ2n) is 12.4. The quantitative estimate of drug-likeness (QED) is 0.273. The average Bonchev–Trinajstić information content (AvgIpc) is 3.04. The number of benzene rings is 2. The molecule has 18 heteroatoms. The highest BCUT2D eigenvalue weighted by molar-refractivity contribution is 7.89. The van der Waals surface area contributed by atoms with Gasteiger partial charge in [-0.15, -0.1) is 0 Å². The van der Waals surface area contributed by atoms with Crippen molar-refractivity contribution in [3.05, 3.63) is 46.5 Å². The highest BCUT2D eigenvalue weighted by atomic mass is 32.2. The van der Waals surface area contributed by atoms with Crippen molar-refractivity contribution in [2.75, 3.05) is 67.6 Å². The SMILES string of the molecule is CCN(CCN(C)S(=O)(=O)c1c(C)cc(OC)cc1C)C(=O)OC(C)(C)C.CCNCCN(C)S(=O)(=O)c1c(C)cc(OC)cc1C.O=C=O.O=C=O. The molecule has 16 nitrogen and oxygen atoms in total. The van der Waals surface area contributed by atoms with Gasteiger partial charge in [-0.2, -0.15) is 27.8 Å². The summed E-state index contributed by atoms with van der Waals surface area (Å²) < 4.78 is 69.7. The van der Waals surface area contributed by atoms with Gasteiger partial charge in [0.15, 0.2) is 0 Å². The number of nitrogens with zero attached hydrogens (tertiary/aromatic N) is 3. The molecule has 0 bridgehead atoms. The Bertz CT molecular complexity index is 1690. The molecule has 0 radical (unpaired) electrons. The van der Waals surface area contributed by atoms with E-state index >= 15 is 0 Å². The zero-order valence-electron chi connectivity index (χ0n) is 33.1. The molecular weight excluding hydrogens is 733 g/mol. The van der Waals surface area contributed by atoms with E-state index in [1.807, 2.05) is 13.8 Å². The van der Waals surface area contributed by atoms with Crippen molar-refractivity contribution in [2.24, 2.45) is 0 Å². The predicted octanol–water partition coefficient (Wildman–Crippen LogP) is 3.56. The normalized spacial score (nSPS) is 11.0. The van der Waals surface area contributed by atoms with Crippen LogP contribution in [0.25, 0.3) is 0 Å². The number of likely N-dealkylation sites (N-methyl/N-ethyl adjacent to an activating group) is 4. The van der Waals surface area contributed by atoms with Crippen LogP contribution in [0.4, 0.5) is 4.79 Å². The molecule has 0 aliphatic rings. The molecule has 0 spiro atoms. The first-order valence-electron chi connectivity index (χ1n) is 16.4. The summed E-state index contributed by atoms with van der Waals surface area (Å²) in [6, 6.07) is 6.90. The summed E-state index contributed by atoms with van der Waals surface area (Å²) in [5, 5.41) is 3.12. The molecule has 2 aromatic carbocycles. The third-order valence-corrected chi connectivity index (χ3v) is 11.6. The summed E-state index contributed by atoms with van der Waals surface area (Å²) in [6.07, 6.45) is 0.0487. The van der Waals surface area contributed by atoms with E-state index in [0.29, 0.717) is 58.3 Å². The summed E-state index contributed by atoms with van der Waals surface area (Å²) in [5.41, 5.74) is 2.06. The van der Waals surface area contributed by atoms with E-state index in [1.54, 1.807) is 94.0 Å². The zero-order chi connectivity index (χ0) is 41.7. The number of amides is 1. The van der Waals surface area contributed by atoms with Crippen LogP contribution in [-0.2, 0) is 44.0 Å². The van der Waals surface area contributed by atoms with Crippen LogP contribution in [0, 0.1) is 27.7 Å². The van der Waals surface area contributed by atoms with Gasteiger partial charge in [0, 0.05) is 46.8 Å². The fourth-order valence-corrected chi connectivity index (χ4v) is 7.94. The van der Waals surface area contributed by atoms with Gasteiger partial charge in [0.1, 0.15) is 17.1 Å². The van der Waals surface area contributed by atoms with Crippen molar-refractivity contribution in [2.45, 2.75) is 77.7 Å². The molecule has 0 aliphatic carbocycles. The van der Waals surface area contributed by atoms with Gasteiger partial charge in [-0.05, 0) is 108 Å². The van der Waals surface area contributed by atoms with Crippen LogP contribution in [0.2, 0.25) is 0 Å². The number of carbonyl (C=O) groups is 1. The molecule has 0 saturated carbocycles. The number of rotatable bonds is 14. The fraction of sp³-hybridized carbons (Fsp3) is 0.571. The Hall–Kier alpha value is -4.15. The third-order valence-electron chi connectivity index (χ3n) is 7.25. The molecule has 0 atom stereocenters. The van der Waals surface area contributed by atoms with E-state index in [-0.39, 0.29) is 30.3 Å². The molecule has 2 rings (SSSR count). The lowest BCUT2D eigenvalue weighted by molar-refractivity contribution is -0.193. The summed E-state index contributed by atoms with van der Waals surface area (Å²) >= 11 is 0. The summed E-state index contributed by atoms with van der Waals surface area (Å²) in [4.78, 5) is 46.9. The molecule has 1 amide bonds. The number of ether oxygens (including phenoxy) is 3. The first-order chi connectivity index (χ1) is 24.5. The molecule has 53 heavy (non-hydrogen) atoms. The van der Waals surface area contributed by atoms with Crippen molar-refractivity contribution in [1.29, 1.82) is 0 Å². The van der Waals surface area contributed by atoms with Crippen molar-refractivity contribution in [3.63, 3.8) is 0 Å². The Balaban J connectivity index is 0. The maximum absolute atomic E-state index is 13.0. The molecule has 300 valence electrons. The lowest BCUT2D eigenvalue weighted by atomic mass is 10.1. The molecule has 0 aliphatic heterocycles. The number of carbonyl (C=O) groups excluding carboxylic acids is 5. The number of hydrogen-bond donors (Lipinski definition) is 1. The molecule has 0 fully saturated rings. The van der Waals surface area contributed by atoms with Gasteiger partial charge in [0.25, 0.3) is 0 Å². The van der Waals surface area contributed by atoms with Gasteiger partial charge in [0.2, 0.25) is 20.0 Å². The van der Waals surface area contributed by atoms with Crippen LogP contribution < -0.4 is 14.8 Å². The van der Waals surface area contributed by atoms with Gasteiger partial charge >= 0.3 is 18.4 Å². The maximum atomic E-state index is 13.0. The standard InChI is InChI=1S/C19H32N2O5S.C14H24N2O3S.2CO2/c1-9-21(18(22)26-19(4,5)6)11-10-20(7)27(23,24)17-14(2)12-16(25-8)13-15(17)3;1-6-15-7-8-16(4)20(17,18)14-11(2)9-13(19-5)10-12(14)3;2*2-1-3/h12-13H,9-11H2,1-8H3;9-10,15H,6-8H2,1-5H3;;. The summed E-state index contributed by atoms with van der Waals surface area (Å²) in [5.74, 6) is 1.29. The van der Waals surface area contributed by atoms with Crippen LogP contribution in [-0.4, -0.2) is 122 Å². The first-order valence-corrected chi connectivity index (χ1v) is 19.3. The Morgan fingerprint density at radius 1 is 0.698 bits per heavy atom. The van der Waals surface area contributed by atoms with Crippen LogP contribution in [0.15, 0.2) is 34.1 Å². The van der Waals surface area contributed by atoms with E-state index in [4.69, 9.17) is 33.4 Å². The highest BCUT2D eigenvalue weighted by Crippen LogP contribution is 2.29. The monoisotopic (exact) mass is 788 g/mol. The average molecular weight is 789 g/mol. The molecule has 0 heterocycles. The van der Waals surface area contributed by atoms with E-state index in [1.165, 1.54) is 20.6 Å². The van der Waals surface area contributed by atoms with Crippen LogP contribution in [0.1, 0.15) is 56.9 Å². The van der Waals surface area contributed by atoms with E-state index in [9.17, 15) is 21.6 Å². The van der Waals surface area contributed by atoms with Crippen LogP contribution in [0.3, 0.4) is 0 Å². The number of aryl methyl sites for hydroxylation is 4. The lowest BCUT2D eigenvalue weighted by Gasteiger charge is -2.28. The Morgan fingerprint density at radius 2 is 1.04 bits per heavy atom. The molecule has 2 aromatic rings. The molecule has 1 N–H and O–H groups in total. The van der Waals surface area contributed by atoms with Crippen LogP contribution in [0.5, 0.6) is 11.5 Å². The lowest BCUT2D eigenvalue weighted by Crippen LogP contribution is -2.42. The Kier molecular flexibility index (Phi) is 23.3. The first kappa shape index (κ1) is 51.0. The number of hydrogen-bond acceptors (Lipinski definition) is 13. The van der Waals surface area contributed by atoms with Crippen molar-refractivity contribution >= 4 is 38.4 Å². The maximum Gasteiger partial charge on any atom is 0.410 e. The summed E-state index contributed by atoms with van der Waals surface area (Å²) in [7, 11) is -0.916. The molecule has 0 unspecified atom stereocenters. The number of methoxy groups -OCH3 is 2. The minimum atomic E-state index is -3.69. The highest BCUT2D eigenvalue weighted by Gasteiger charge is 2.28. The zero-order valence-corrected chi connectivity index (χ0v) is 34.7.